The van der Waals surface area contributed by atoms with Crippen LogP contribution in [0.15, 0.2) is 21.2 Å². The van der Waals surface area contributed by atoms with Crippen LogP contribution in [0.25, 0.3) is 0 Å². The largest absolute Gasteiger partial charge is 0.460 e. The van der Waals surface area contributed by atoms with E-state index < -0.39 is 5.60 Å². The second-order valence-electron chi connectivity index (χ2n) is 6.02. The minimum atomic E-state index is -0.704. The Morgan fingerprint density at radius 3 is 2.47 bits per heavy atom. The van der Waals surface area contributed by atoms with Gasteiger partial charge in [0, 0.05) is 6.61 Å². The number of rotatable bonds is 4. The van der Waals surface area contributed by atoms with Gasteiger partial charge in [-0.1, -0.05) is 13.8 Å². The van der Waals surface area contributed by atoms with Gasteiger partial charge in [0.25, 0.3) is 0 Å². The van der Waals surface area contributed by atoms with Crippen molar-refractivity contribution in [3.8, 4) is 0 Å². The van der Waals surface area contributed by atoms with Crippen molar-refractivity contribution in [3.63, 3.8) is 0 Å². The van der Waals surface area contributed by atoms with Crippen molar-refractivity contribution >= 4 is 21.7 Å². The topological polar surface area (TPSA) is 39.4 Å². The molecule has 0 radical (unpaired) electrons. The van der Waals surface area contributed by atoms with Crippen LogP contribution in [0.3, 0.4) is 0 Å². The fraction of sp³-hybridized carbons (Fsp3) is 0.667. The molecule has 0 spiro atoms. The van der Waals surface area contributed by atoms with Gasteiger partial charge in [-0.3, -0.25) is 4.79 Å². The van der Waals surface area contributed by atoms with Crippen molar-refractivity contribution in [2.24, 2.45) is 5.41 Å². The lowest BCUT2D eigenvalue weighted by atomic mass is 9.69. The summed E-state index contributed by atoms with van der Waals surface area (Å²) >= 11 is 3.36. The maximum Gasteiger partial charge on any atom is 0.230 e. The van der Waals surface area contributed by atoms with E-state index >= 15 is 0 Å². The Balaban J connectivity index is 2.26. The molecule has 0 N–H and O–H groups in total. The Labute approximate surface area is 122 Å². The molecule has 1 aromatic rings. The van der Waals surface area contributed by atoms with Crippen molar-refractivity contribution in [3.05, 3.63) is 22.6 Å². The van der Waals surface area contributed by atoms with Gasteiger partial charge in [0.05, 0.1) is 10.7 Å². The zero-order valence-electron chi connectivity index (χ0n) is 11.8. The minimum absolute atomic E-state index is 0.0262. The van der Waals surface area contributed by atoms with Crippen molar-refractivity contribution in [2.45, 2.75) is 52.1 Å². The SMILES string of the molecule is CCOC1(C(=O)c2occc2Br)CCC(C)(C)CC1. The number of ether oxygens (including phenoxy) is 1. The number of furan rings is 1. The lowest BCUT2D eigenvalue weighted by Crippen LogP contribution is -2.46. The van der Waals surface area contributed by atoms with E-state index in [9.17, 15) is 4.79 Å². The zero-order valence-corrected chi connectivity index (χ0v) is 13.4. The van der Waals surface area contributed by atoms with Crippen molar-refractivity contribution in [2.75, 3.05) is 6.61 Å². The number of carbonyl (C=O) groups is 1. The van der Waals surface area contributed by atoms with Crippen molar-refractivity contribution in [1.29, 1.82) is 0 Å². The van der Waals surface area contributed by atoms with Gasteiger partial charge < -0.3 is 9.15 Å². The smallest absolute Gasteiger partial charge is 0.230 e. The predicted molar refractivity (Wildman–Crippen MR) is 77.3 cm³/mol. The summed E-state index contributed by atoms with van der Waals surface area (Å²) in [6.07, 6.45) is 5.05. The van der Waals surface area contributed by atoms with Gasteiger partial charge in [-0.25, -0.2) is 0 Å². The Hall–Kier alpha value is -0.610. The highest BCUT2D eigenvalue weighted by Gasteiger charge is 2.46. The first-order valence-electron chi connectivity index (χ1n) is 6.82. The Kier molecular flexibility index (Phi) is 4.21. The molecule has 2 rings (SSSR count). The van der Waals surface area contributed by atoms with E-state index in [1.54, 1.807) is 6.07 Å². The fourth-order valence-electron chi connectivity index (χ4n) is 2.71. The first-order chi connectivity index (χ1) is 8.90. The number of carbonyl (C=O) groups excluding carboxylic acids is 1. The van der Waals surface area contributed by atoms with Gasteiger partial charge in [-0.15, -0.1) is 0 Å². The van der Waals surface area contributed by atoms with Gasteiger partial charge in [0.15, 0.2) is 5.76 Å². The molecule has 0 aromatic carbocycles. The highest BCUT2D eigenvalue weighted by molar-refractivity contribution is 9.10. The number of hydrogen-bond acceptors (Lipinski definition) is 3. The van der Waals surface area contributed by atoms with Crippen molar-refractivity contribution in [1.82, 2.24) is 0 Å². The first-order valence-corrected chi connectivity index (χ1v) is 7.61. The molecular weight excluding hydrogens is 308 g/mol. The number of hydrogen-bond donors (Lipinski definition) is 0. The molecule has 3 nitrogen and oxygen atoms in total. The van der Waals surface area contributed by atoms with Gasteiger partial charge in [-0.2, -0.15) is 0 Å². The van der Waals surface area contributed by atoms with Gasteiger partial charge in [0.1, 0.15) is 5.60 Å². The lowest BCUT2D eigenvalue weighted by Gasteiger charge is -2.41. The van der Waals surface area contributed by atoms with E-state index in [0.29, 0.717) is 22.3 Å². The molecule has 1 aliphatic carbocycles. The first kappa shape index (κ1) is 14.8. The number of halogens is 1. The highest BCUT2D eigenvalue weighted by atomic mass is 79.9. The molecule has 4 heteroatoms. The quantitative estimate of drug-likeness (QED) is 0.758. The van der Waals surface area contributed by atoms with Gasteiger partial charge in [-0.05, 0) is 60.0 Å². The Morgan fingerprint density at radius 2 is 2.00 bits per heavy atom. The fourth-order valence-corrected chi connectivity index (χ4v) is 3.09. The van der Waals surface area contributed by atoms with Crippen molar-refractivity contribution < 1.29 is 13.9 Å². The van der Waals surface area contributed by atoms with Gasteiger partial charge >= 0.3 is 0 Å². The molecule has 1 fully saturated rings. The summed E-state index contributed by atoms with van der Waals surface area (Å²) in [5.74, 6) is 0.356. The molecule has 0 unspecified atom stereocenters. The summed E-state index contributed by atoms with van der Waals surface area (Å²) in [4.78, 5) is 12.8. The number of ketones is 1. The molecule has 1 aliphatic rings. The Bertz CT molecular complexity index is 452. The van der Waals surface area contributed by atoms with E-state index in [0.717, 1.165) is 25.7 Å². The molecular formula is C15H21BrO3. The predicted octanol–water partition coefficient (Wildman–Crippen LogP) is 4.60. The van der Waals surface area contributed by atoms with Crippen LogP contribution in [0.5, 0.6) is 0 Å². The minimum Gasteiger partial charge on any atom is -0.460 e. The second kappa shape index (κ2) is 5.41. The monoisotopic (exact) mass is 328 g/mol. The van der Waals surface area contributed by atoms with E-state index in [1.807, 2.05) is 6.92 Å². The highest BCUT2D eigenvalue weighted by Crippen LogP contribution is 2.44. The normalized spacial score (nSPS) is 21.3. The molecule has 1 aromatic heterocycles. The third kappa shape index (κ3) is 2.95. The maximum atomic E-state index is 12.8. The summed E-state index contributed by atoms with van der Waals surface area (Å²) in [6, 6.07) is 1.75. The van der Waals surface area contributed by atoms with E-state index in [1.165, 1.54) is 6.26 Å². The summed E-state index contributed by atoms with van der Waals surface area (Å²) in [7, 11) is 0. The van der Waals surface area contributed by atoms with E-state index in [2.05, 4.69) is 29.8 Å². The van der Waals surface area contributed by atoms with Crippen LogP contribution in [0.4, 0.5) is 0 Å². The summed E-state index contributed by atoms with van der Waals surface area (Å²) in [5.41, 5.74) is -0.411. The van der Waals surface area contributed by atoms with Crippen LogP contribution in [0.2, 0.25) is 0 Å². The van der Waals surface area contributed by atoms with E-state index in [4.69, 9.17) is 9.15 Å². The third-order valence-corrected chi connectivity index (χ3v) is 4.69. The van der Waals surface area contributed by atoms with Crippen LogP contribution in [0, 0.1) is 5.41 Å². The zero-order chi connectivity index (χ0) is 14.1. The molecule has 0 amide bonds. The van der Waals surface area contributed by atoms with E-state index in [-0.39, 0.29) is 5.78 Å². The van der Waals surface area contributed by atoms with Crippen LogP contribution < -0.4 is 0 Å². The summed E-state index contributed by atoms with van der Waals surface area (Å²) < 4.78 is 11.9. The van der Waals surface area contributed by atoms with Crippen LogP contribution in [-0.4, -0.2) is 18.0 Å². The third-order valence-electron chi connectivity index (χ3n) is 4.07. The standard InChI is InChI=1S/C15H21BrO3/c1-4-19-15(8-6-14(2,3)7-9-15)13(17)12-11(16)5-10-18-12/h5,10H,4,6-9H2,1-3H3. The second-order valence-corrected chi connectivity index (χ2v) is 6.87. The molecule has 0 atom stereocenters. The average molecular weight is 329 g/mol. The molecule has 1 saturated carbocycles. The van der Waals surface area contributed by atoms with Crippen LogP contribution >= 0.6 is 15.9 Å². The molecule has 19 heavy (non-hydrogen) atoms. The molecule has 106 valence electrons. The summed E-state index contributed by atoms with van der Waals surface area (Å²) in [6.45, 7) is 6.97. The Morgan fingerprint density at radius 1 is 1.37 bits per heavy atom. The number of Topliss-reactive ketones (excluding diaryl/α,β-unsaturated/α-hetero) is 1. The lowest BCUT2D eigenvalue weighted by molar-refractivity contribution is -0.0593. The molecule has 0 bridgehead atoms. The molecule has 0 saturated heterocycles. The average Bonchev–Trinajstić information content (AvgIpc) is 2.78. The van der Waals surface area contributed by atoms with Gasteiger partial charge in [0.2, 0.25) is 5.78 Å². The maximum absolute atomic E-state index is 12.8. The molecule has 0 aliphatic heterocycles. The molecule has 1 heterocycles. The van der Waals surface area contributed by atoms with Crippen LogP contribution in [-0.2, 0) is 4.74 Å². The summed E-state index contributed by atoms with van der Waals surface area (Å²) in [5, 5.41) is 0. The van der Waals surface area contributed by atoms with Crippen LogP contribution in [0.1, 0.15) is 57.0 Å².